The zero-order chi connectivity index (χ0) is 13.4. The molecular formula is C14H15NO4. The average molecular weight is 261 g/mol. The molecule has 0 saturated carbocycles. The Kier molecular flexibility index (Phi) is 2.89. The Balaban J connectivity index is 1.80. The summed E-state index contributed by atoms with van der Waals surface area (Å²) in [5.41, 5.74) is 0.934. The molecule has 3 rings (SSSR count). The fraction of sp³-hybridized carbons (Fsp3) is 0.429. The summed E-state index contributed by atoms with van der Waals surface area (Å²) in [4.78, 5) is 25.0. The fourth-order valence-corrected chi connectivity index (χ4v) is 3.20. The van der Waals surface area contributed by atoms with Crippen LogP contribution in [0.5, 0.6) is 0 Å². The number of carboxylic acid groups (broad SMARTS) is 1. The number of amides is 1. The molecule has 2 atom stereocenters. The predicted octanol–water partition coefficient (Wildman–Crippen LogP) is 2.06. The van der Waals surface area contributed by atoms with Crippen LogP contribution in [0, 0.1) is 0 Å². The van der Waals surface area contributed by atoms with Gasteiger partial charge in [0.2, 0.25) is 0 Å². The monoisotopic (exact) mass is 261 g/mol. The van der Waals surface area contributed by atoms with E-state index < -0.39 is 5.97 Å². The Morgan fingerprint density at radius 1 is 1.32 bits per heavy atom. The van der Waals surface area contributed by atoms with Crippen molar-refractivity contribution in [1.82, 2.24) is 4.90 Å². The summed E-state index contributed by atoms with van der Waals surface area (Å²) in [6, 6.07) is 3.60. The maximum atomic E-state index is 12.3. The van der Waals surface area contributed by atoms with Crippen molar-refractivity contribution in [2.24, 2.45) is 0 Å². The minimum Gasteiger partial charge on any atom is -0.478 e. The molecule has 1 aromatic rings. The maximum absolute atomic E-state index is 12.3. The molecular weight excluding hydrogens is 246 g/mol. The van der Waals surface area contributed by atoms with Crippen molar-refractivity contribution in [3.05, 3.63) is 35.8 Å². The number of hydrogen-bond donors (Lipinski definition) is 1. The van der Waals surface area contributed by atoms with Crippen LogP contribution in [0.4, 0.5) is 0 Å². The molecule has 5 heteroatoms. The molecule has 2 aliphatic heterocycles. The molecule has 2 unspecified atom stereocenters. The molecule has 2 saturated heterocycles. The summed E-state index contributed by atoms with van der Waals surface area (Å²) in [5, 5.41) is 8.81. The highest BCUT2D eigenvalue weighted by atomic mass is 16.4. The first-order chi connectivity index (χ1) is 9.15. The van der Waals surface area contributed by atoms with Gasteiger partial charge in [0.05, 0.1) is 6.26 Å². The second-order valence-corrected chi connectivity index (χ2v) is 5.12. The number of rotatable bonds is 2. The minimum atomic E-state index is -0.903. The summed E-state index contributed by atoms with van der Waals surface area (Å²) in [6.07, 6.45) is 5.99. The first-order valence-electron chi connectivity index (χ1n) is 6.43. The third kappa shape index (κ3) is 2.16. The Morgan fingerprint density at radius 3 is 2.53 bits per heavy atom. The smallest absolute Gasteiger partial charge is 0.328 e. The molecule has 0 spiro atoms. The molecule has 19 heavy (non-hydrogen) atoms. The van der Waals surface area contributed by atoms with E-state index in [2.05, 4.69) is 0 Å². The Labute approximate surface area is 110 Å². The number of carboxylic acids is 1. The van der Waals surface area contributed by atoms with E-state index >= 15 is 0 Å². The van der Waals surface area contributed by atoms with Gasteiger partial charge in [0, 0.05) is 18.2 Å². The highest BCUT2D eigenvalue weighted by molar-refractivity contribution is 5.92. The molecule has 2 aliphatic rings. The predicted molar refractivity (Wildman–Crippen MR) is 66.6 cm³/mol. The van der Waals surface area contributed by atoms with Crippen LogP contribution in [0.15, 0.2) is 34.5 Å². The van der Waals surface area contributed by atoms with E-state index in [1.807, 2.05) is 4.90 Å². The van der Waals surface area contributed by atoms with Gasteiger partial charge in [-0.15, -0.1) is 0 Å². The van der Waals surface area contributed by atoms with Gasteiger partial charge in [0.15, 0.2) is 5.76 Å². The van der Waals surface area contributed by atoms with E-state index in [4.69, 9.17) is 9.52 Å². The van der Waals surface area contributed by atoms with E-state index in [-0.39, 0.29) is 18.0 Å². The van der Waals surface area contributed by atoms with Gasteiger partial charge in [-0.3, -0.25) is 4.79 Å². The lowest BCUT2D eigenvalue weighted by molar-refractivity contribution is -0.131. The van der Waals surface area contributed by atoms with Crippen LogP contribution >= 0.6 is 0 Å². The van der Waals surface area contributed by atoms with Crippen LogP contribution < -0.4 is 0 Å². The van der Waals surface area contributed by atoms with E-state index in [0.717, 1.165) is 18.4 Å². The lowest BCUT2D eigenvalue weighted by atomic mass is 9.96. The van der Waals surface area contributed by atoms with E-state index in [1.54, 1.807) is 12.1 Å². The summed E-state index contributed by atoms with van der Waals surface area (Å²) >= 11 is 0. The minimum absolute atomic E-state index is 0.0770. The molecule has 1 N–H and O–H groups in total. The second kappa shape index (κ2) is 4.57. The number of piperidine rings is 1. The van der Waals surface area contributed by atoms with Crippen molar-refractivity contribution >= 4 is 11.9 Å². The zero-order valence-electron chi connectivity index (χ0n) is 10.4. The summed E-state index contributed by atoms with van der Waals surface area (Å²) in [5.74, 6) is -0.616. The van der Waals surface area contributed by atoms with Gasteiger partial charge >= 0.3 is 5.97 Å². The van der Waals surface area contributed by atoms with Crippen LogP contribution in [-0.2, 0) is 4.79 Å². The first-order valence-corrected chi connectivity index (χ1v) is 6.43. The third-order valence-electron chi connectivity index (χ3n) is 3.91. The quantitative estimate of drug-likeness (QED) is 0.827. The van der Waals surface area contributed by atoms with Crippen molar-refractivity contribution in [3.63, 3.8) is 0 Å². The SMILES string of the molecule is O=C(O)C=C1CC2CCC(C1)N2C(=O)c1ccco1. The number of furan rings is 1. The van der Waals surface area contributed by atoms with E-state index in [9.17, 15) is 9.59 Å². The van der Waals surface area contributed by atoms with Gasteiger partial charge in [-0.2, -0.15) is 0 Å². The maximum Gasteiger partial charge on any atom is 0.328 e. The molecule has 2 fully saturated rings. The molecule has 2 bridgehead atoms. The molecule has 0 aliphatic carbocycles. The zero-order valence-corrected chi connectivity index (χ0v) is 10.4. The van der Waals surface area contributed by atoms with Crippen LogP contribution in [0.1, 0.15) is 36.2 Å². The number of nitrogens with zero attached hydrogens (tertiary/aromatic N) is 1. The van der Waals surface area contributed by atoms with Crippen molar-refractivity contribution < 1.29 is 19.1 Å². The lowest BCUT2D eigenvalue weighted by Gasteiger charge is -2.35. The summed E-state index contributed by atoms with van der Waals surface area (Å²) < 4.78 is 5.16. The normalized spacial score (nSPS) is 25.5. The number of carbonyl (C=O) groups is 2. The van der Waals surface area contributed by atoms with Crippen LogP contribution in [0.25, 0.3) is 0 Å². The van der Waals surface area contributed by atoms with Crippen LogP contribution in [0.3, 0.4) is 0 Å². The second-order valence-electron chi connectivity index (χ2n) is 5.12. The number of hydrogen-bond acceptors (Lipinski definition) is 3. The first kappa shape index (κ1) is 12.0. The third-order valence-corrected chi connectivity index (χ3v) is 3.91. The highest BCUT2D eigenvalue weighted by Crippen LogP contribution is 2.39. The summed E-state index contributed by atoms with van der Waals surface area (Å²) in [7, 11) is 0. The lowest BCUT2D eigenvalue weighted by Crippen LogP contribution is -2.44. The Bertz CT molecular complexity index is 516. The molecule has 3 heterocycles. The van der Waals surface area contributed by atoms with E-state index in [0.29, 0.717) is 18.6 Å². The number of fused-ring (bicyclic) bond motifs is 2. The molecule has 1 amide bonds. The highest BCUT2D eigenvalue weighted by Gasteiger charge is 2.42. The van der Waals surface area contributed by atoms with Gasteiger partial charge in [-0.1, -0.05) is 5.57 Å². The van der Waals surface area contributed by atoms with Crippen molar-refractivity contribution in [3.8, 4) is 0 Å². The van der Waals surface area contributed by atoms with Crippen LogP contribution in [-0.4, -0.2) is 34.0 Å². The standard InChI is InChI=1S/C14H15NO4/c16-13(17)8-9-6-10-3-4-11(7-9)15(10)14(18)12-2-1-5-19-12/h1-2,5,8,10-11H,3-4,6-7H2,(H,16,17). The van der Waals surface area contributed by atoms with Crippen molar-refractivity contribution in [2.75, 3.05) is 0 Å². The largest absolute Gasteiger partial charge is 0.478 e. The molecule has 5 nitrogen and oxygen atoms in total. The van der Waals surface area contributed by atoms with Crippen molar-refractivity contribution in [1.29, 1.82) is 0 Å². The average Bonchev–Trinajstić information content (AvgIpc) is 2.95. The molecule has 1 aromatic heterocycles. The topological polar surface area (TPSA) is 70.8 Å². The van der Waals surface area contributed by atoms with Gasteiger partial charge in [-0.25, -0.2) is 4.79 Å². The van der Waals surface area contributed by atoms with Gasteiger partial charge in [0.25, 0.3) is 5.91 Å². The summed E-state index contributed by atoms with van der Waals surface area (Å²) in [6.45, 7) is 0. The Hall–Kier alpha value is -2.04. The molecule has 0 aromatic carbocycles. The number of aliphatic carboxylic acids is 1. The van der Waals surface area contributed by atoms with Crippen molar-refractivity contribution in [2.45, 2.75) is 37.8 Å². The van der Waals surface area contributed by atoms with Gasteiger partial charge in [-0.05, 0) is 37.8 Å². The van der Waals surface area contributed by atoms with Gasteiger partial charge < -0.3 is 14.4 Å². The van der Waals surface area contributed by atoms with Gasteiger partial charge in [0.1, 0.15) is 0 Å². The number of carbonyl (C=O) groups excluding carboxylic acids is 1. The fourth-order valence-electron chi connectivity index (χ4n) is 3.20. The van der Waals surface area contributed by atoms with E-state index in [1.165, 1.54) is 12.3 Å². The molecule has 100 valence electrons. The Morgan fingerprint density at radius 2 is 2.00 bits per heavy atom. The molecule has 0 radical (unpaired) electrons. The van der Waals surface area contributed by atoms with Crippen LogP contribution in [0.2, 0.25) is 0 Å².